The number of thiazole rings is 1. The van der Waals surface area contributed by atoms with Crippen molar-refractivity contribution in [3.05, 3.63) is 80.6 Å². The van der Waals surface area contributed by atoms with Crippen LogP contribution in [0.4, 0.5) is 10.5 Å². The fraction of sp³-hybridized carbons (Fsp3) is 0.280. The summed E-state index contributed by atoms with van der Waals surface area (Å²) in [6.07, 6.45) is -0.764. The fourth-order valence-electron chi connectivity index (χ4n) is 4.09. The van der Waals surface area contributed by atoms with Gasteiger partial charge >= 0.3 is 11.7 Å². The van der Waals surface area contributed by atoms with Crippen LogP contribution in [0, 0.1) is 13.8 Å². The SMILES string of the molecule is Cc1ccc2nc(-c3ccc(NC(=O)NC[C@H]4O[C@@H](n5cc(C)c(=O)[nH]c5=O)C[C@@H]4O)cc3)sc2c1. The molecule has 2 aromatic carbocycles. The maximum atomic E-state index is 12.4. The van der Waals surface area contributed by atoms with Gasteiger partial charge in [-0.1, -0.05) is 6.07 Å². The van der Waals surface area contributed by atoms with E-state index in [0.717, 1.165) is 20.8 Å². The zero-order chi connectivity index (χ0) is 25.4. The Labute approximate surface area is 209 Å². The molecule has 0 unspecified atom stereocenters. The van der Waals surface area contributed by atoms with Crippen molar-refractivity contribution in [2.45, 2.75) is 38.7 Å². The number of rotatable bonds is 5. The molecule has 5 rings (SSSR count). The third kappa shape index (κ3) is 4.94. The van der Waals surface area contributed by atoms with E-state index in [9.17, 15) is 19.5 Å². The Hall–Kier alpha value is -3.80. The van der Waals surface area contributed by atoms with Crippen molar-refractivity contribution in [3.63, 3.8) is 0 Å². The van der Waals surface area contributed by atoms with Crippen molar-refractivity contribution in [1.29, 1.82) is 0 Å². The number of amides is 2. The first-order chi connectivity index (χ1) is 17.3. The number of hydrogen-bond acceptors (Lipinski definition) is 7. The molecule has 0 aliphatic carbocycles. The van der Waals surface area contributed by atoms with E-state index in [1.54, 1.807) is 30.4 Å². The van der Waals surface area contributed by atoms with Gasteiger partial charge in [0, 0.05) is 36.0 Å². The van der Waals surface area contributed by atoms with Crippen molar-refractivity contribution >= 4 is 33.3 Å². The molecule has 0 spiro atoms. The average molecular weight is 508 g/mol. The van der Waals surface area contributed by atoms with E-state index in [4.69, 9.17) is 4.74 Å². The molecule has 0 bridgehead atoms. The molecule has 11 heteroatoms. The zero-order valence-electron chi connectivity index (χ0n) is 19.6. The number of aliphatic hydroxyl groups excluding tert-OH is 1. The predicted octanol–water partition coefficient (Wildman–Crippen LogP) is 2.90. The lowest BCUT2D eigenvalue weighted by Gasteiger charge is -2.17. The molecule has 4 N–H and O–H groups in total. The van der Waals surface area contributed by atoms with Gasteiger partial charge in [-0.05, 0) is 55.8 Å². The highest BCUT2D eigenvalue weighted by Crippen LogP contribution is 2.31. The van der Waals surface area contributed by atoms with Crippen molar-refractivity contribution in [3.8, 4) is 10.6 Å². The van der Waals surface area contributed by atoms with Crippen LogP contribution < -0.4 is 21.9 Å². The fourth-order valence-corrected chi connectivity index (χ4v) is 5.16. The number of aryl methyl sites for hydroxylation is 2. The van der Waals surface area contributed by atoms with Crippen molar-refractivity contribution in [2.75, 3.05) is 11.9 Å². The molecule has 1 saturated heterocycles. The van der Waals surface area contributed by atoms with Crippen LogP contribution in [-0.4, -0.2) is 44.4 Å². The molecule has 10 nitrogen and oxygen atoms in total. The molecule has 2 amide bonds. The second-order valence-corrected chi connectivity index (χ2v) is 9.84. The largest absolute Gasteiger partial charge is 0.390 e. The van der Waals surface area contributed by atoms with Gasteiger partial charge in [0.2, 0.25) is 0 Å². The van der Waals surface area contributed by atoms with Crippen molar-refractivity contribution < 1.29 is 14.6 Å². The molecule has 186 valence electrons. The first-order valence-corrected chi connectivity index (χ1v) is 12.3. The Kier molecular flexibility index (Phi) is 6.44. The minimum atomic E-state index is -0.883. The summed E-state index contributed by atoms with van der Waals surface area (Å²) in [5, 5.41) is 16.7. The number of benzene rings is 2. The summed E-state index contributed by atoms with van der Waals surface area (Å²) < 4.78 is 8.15. The van der Waals surface area contributed by atoms with Gasteiger partial charge in [-0.3, -0.25) is 14.3 Å². The second kappa shape index (κ2) is 9.69. The summed E-state index contributed by atoms with van der Waals surface area (Å²) in [6, 6.07) is 13.1. The summed E-state index contributed by atoms with van der Waals surface area (Å²) in [5.41, 5.74) is 3.00. The molecule has 0 saturated carbocycles. The minimum Gasteiger partial charge on any atom is -0.390 e. The number of ether oxygens (including phenoxy) is 1. The van der Waals surface area contributed by atoms with E-state index in [2.05, 4.69) is 33.6 Å². The maximum absolute atomic E-state index is 12.4. The molecule has 3 atom stereocenters. The maximum Gasteiger partial charge on any atom is 0.330 e. The Bertz CT molecular complexity index is 1540. The van der Waals surface area contributed by atoms with E-state index >= 15 is 0 Å². The monoisotopic (exact) mass is 507 g/mol. The van der Waals surface area contributed by atoms with Crippen LogP contribution in [0.1, 0.15) is 23.8 Å². The highest BCUT2D eigenvalue weighted by Gasteiger charge is 2.35. The van der Waals surface area contributed by atoms with Crippen LogP contribution in [0.15, 0.2) is 58.3 Å². The van der Waals surface area contributed by atoms with E-state index < -0.39 is 35.7 Å². The van der Waals surface area contributed by atoms with E-state index in [-0.39, 0.29) is 13.0 Å². The molecule has 0 radical (unpaired) electrons. The highest BCUT2D eigenvalue weighted by molar-refractivity contribution is 7.21. The van der Waals surface area contributed by atoms with Gasteiger partial charge in [-0.25, -0.2) is 14.6 Å². The lowest BCUT2D eigenvalue weighted by molar-refractivity contribution is -0.0178. The number of aromatic nitrogens is 3. The Morgan fingerprint density at radius 1 is 1.22 bits per heavy atom. The predicted molar refractivity (Wildman–Crippen MR) is 137 cm³/mol. The van der Waals surface area contributed by atoms with Crippen LogP contribution >= 0.6 is 11.3 Å². The van der Waals surface area contributed by atoms with Gasteiger partial charge < -0.3 is 20.5 Å². The first-order valence-electron chi connectivity index (χ1n) is 11.4. The number of carbonyl (C=O) groups excluding carboxylic acids is 1. The number of aromatic amines is 1. The number of H-pyrrole nitrogens is 1. The first kappa shape index (κ1) is 23.9. The molecular weight excluding hydrogens is 482 g/mol. The standard InChI is InChI=1S/C25H25N5O5S/c1-13-3-8-17-20(9-13)36-23(28-17)15-4-6-16(7-5-15)27-24(33)26-11-19-18(31)10-21(35-19)30-12-14(2)22(32)29-25(30)34/h3-9,12,18-19,21,31H,10-11H2,1-2H3,(H2,26,27,33)(H,29,32,34)/t18-,19+,21+/m0/s1. The lowest BCUT2D eigenvalue weighted by Crippen LogP contribution is -2.39. The molecule has 2 aromatic heterocycles. The van der Waals surface area contributed by atoms with Crippen LogP contribution in [0.5, 0.6) is 0 Å². The zero-order valence-corrected chi connectivity index (χ0v) is 20.5. The quantitative estimate of drug-likeness (QED) is 0.328. The third-order valence-corrected chi connectivity index (χ3v) is 7.12. The Morgan fingerprint density at radius 3 is 2.78 bits per heavy atom. The van der Waals surface area contributed by atoms with Gasteiger partial charge in [0.1, 0.15) is 17.3 Å². The van der Waals surface area contributed by atoms with Crippen LogP contribution in [0.25, 0.3) is 20.8 Å². The van der Waals surface area contributed by atoms with E-state index in [1.807, 2.05) is 24.3 Å². The van der Waals surface area contributed by atoms with Gasteiger partial charge in [-0.15, -0.1) is 11.3 Å². The topological polar surface area (TPSA) is 138 Å². The molecule has 1 fully saturated rings. The molecule has 36 heavy (non-hydrogen) atoms. The van der Waals surface area contributed by atoms with Crippen molar-refractivity contribution in [2.24, 2.45) is 0 Å². The summed E-state index contributed by atoms with van der Waals surface area (Å²) in [5.74, 6) is 0. The number of nitrogens with one attached hydrogen (secondary N) is 3. The number of carbonyl (C=O) groups is 1. The third-order valence-electron chi connectivity index (χ3n) is 6.06. The second-order valence-electron chi connectivity index (χ2n) is 8.81. The van der Waals surface area contributed by atoms with Crippen LogP contribution in [-0.2, 0) is 4.74 Å². The van der Waals surface area contributed by atoms with Gasteiger partial charge in [-0.2, -0.15) is 0 Å². The summed E-state index contributed by atoms with van der Waals surface area (Å²) in [7, 11) is 0. The molecular formula is C25H25N5O5S. The Morgan fingerprint density at radius 2 is 2.00 bits per heavy atom. The number of fused-ring (bicyclic) bond motifs is 1. The number of nitrogens with zero attached hydrogens (tertiary/aromatic N) is 2. The summed E-state index contributed by atoms with van der Waals surface area (Å²) >= 11 is 1.62. The van der Waals surface area contributed by atoms with E-state index in [1.165, 1.54) is 16.3 Å². The normalized spacial score (nSPS) is 19.5. The smallest absolute Gasteiger partial charge is 0.330 e. The number of urea groups is 1. The highest BCUT2D eigenvalue weighted by atomic mass is 32.1. The summed E-state index contributed by atoms with van der Waals surface area (Å²) in [6.45, 7) is 3.68. The van der Waals surface area contributed by atoms with Gasteiger partial charge in [0.15, 0.2) is 0 Å². The lowest BCUT2D eigenvalue weighted by atomic mass is 10.2. The minimum absolute atomic E-state index is 0.0454. The van der Waals surface area contributed by atoms with Gasteiger partial charge in [0.05, 0.1) is 16.3 Å². The van der Waals surface area contributed by atoms with Gasteiger partial charge in [0.25, 0.3) is 5.56 Å². The number of hydrogen-bond donors (Lipinski definition) is 4. The molecule has 3 heterocycles. The number of aliphatic hydroxyl groups is 1. The van der Waals surface area contributed by atoms with E-state index in [0.29, 0.717) is 11.3 Å². The Balaban J connectivity index is 1.17. The number of anilines is 1. The van der Waals surface area contributed by atoms with Crippen LogP contribution in [0.3, 0.4) is 0 Å². The van der Waals surface area contributed by atoms with Crippen LogP contribution in [0.2, 0.25) is 0 Å². The summed E-state index contributed by atoms with van der Waals surface area (Å²) in [4.78, 5) is 43.0. The van der Waals surface area contributed by atoms with Crippen molar-refractivity contribution in [1.82, 2.24) is 19.9 Å². The molecule has 4 aromatic rings. The average Bonchev–Trinajstić information content (AvgIpc) is 3.43. The molecule has 1 aliphatic rings. The molecule has 1 aliphatic heterocycles.